The predicted molar refractivity (Wildman–Crippen MR) is 86.6 cm³/mol. The first-order valence-electron chi connectivity index (χ1n) is 6.66. The van der Waals surface area contributed by atoms with Gasteiger partial charge in [-0.2, -0.15) is 0 Å². The van der Waals surface area contributed by atoms with Crippen molar-refractivity contribution in [2.45, 2.75) is 16.3 Å². The van der Waals surface area contributed by atoms with E-state index in [-0.39, 0.29) is 22.1 Å². The van der Waals surface area contributed by atoms with Gasteiger partial charge in [-0.1, -0.05) is 30.3 Å². The molecular weight excluding hydrogens is 338 g/mol. The molecule has 1 N–H and O–H groups in total. The molecule has 0 fully saturated rings. The third-order valence-electron chi connectivity index (χ3n) is 3.16. The van der Waals surface area contributed by atoms with Crippen LogP contribution in [0, 0.1) is 0 Å². The Morgan fingerprint density at radius 1 is 1.00 bits per heavy atom. The van der Waals surface area contributed by atoms with E-state index in [0.717, 1.165) is 17.9 Å². The summed E-state index contributed by atoms with van der Waals surface area (Å²) in [5, 5.41) is 0. The average Bonchev–Trinajstić information content (AvgIpc) is 2.52. The highest BCUT2D eigenvalue weighted by Gasteiger charge is 2.22. The monoisotopic (exact) mass is 355 g/mol. The van der Waals surface area contributed by atoms with E-state index in [2.05, 4.69) is 4.72 Å². The van der Waals surface area contributed by atoms with Crippen LogP contribution in [0.4, 0.5) is 0 Å². The summed E-state index contributed by atoms with van der Waals surface area (Å²) in [6, 6.07) is 12.7. The van der Waals surface area contributed by atoms with Gasteiger partial charge in [0.25, 0.3) is 0 Å². The molecule has 0 spiro atoms. The van der Waals surface area contributed by atoms with E-state index in [1.807, 2.05) is 6.07 Å². The summed E-state index contributed by atoms with van der Waals surface area (Å²) in [5.74, 6) is 0.0814. The molecule has 2 aromatic carbocycles. The third-order valence-corrected chi connectivity index (χ3v) is 5.69. The maximum absolute atomic E-state index is 12.5. The van der Waals surface area contributed by atoms with E-state index < -0.39 is 19.9 Å². The standard InChI is InChI=1S/C15H17NO5S2/c1-21-14-9-8-13(22(2,17)18)10-15(14)23(19,20)16-11-12-6-4-3-5-7-12/h3-10,16H,11H2,1-2H3. The van der Waals surface area contributed by atoms with Gasteiger partial charge in [-0.05, 0) is 23.8 Å². The Hall–Kier alpha value is -1.90. The lowest BCUT2D eigenvalue weighted by Gasteiger charge is -2.12. The fourth-order valence-electron chi connectivity index (χ4n) is 1.95. The lowest BCUT2D eigenvalue weighted by Crippen LogP contribution is -2.24. The summed E-state index contributed by atoms with van der Waals surface area (Å²) in [5.41, 5.74) is 0.786. The highest BCUT2D eigenvalue weighted by atomic mass is 32.2. The van der Waals surface area contributed by atoms with E-state index in [0.29, 0.717) is 0 Å². The van der Waals surface area contributed by atoms with Gasteiger partial charge in [0, 0.05) is 12.8 Å². The summed E-state index contributed by atoms with van der Waals surface area (Å²) in [6.07, 6.45) is 1.02. The Morgan fingerprint density at radius 2 is 1.65 bits per heavy atom. The topological polar surface area (TPSA) is 89.5 Å². The minimum Gasteiger partial charge on any atom is -0.495 e. The van der Waals surface area contributed by atoms with Crippen molar-refractivity contribution in [1.82, 2.24) is 4.72 Å². The molecule has 0 aliphatic heterocycles. The van der Waals surface area contributed by atoms with Crippen LogP contribution >= 0.6 is 0 Å². The maximum atomic E-state index is 12.5. The molecule has 0 aliphatic rings. The second kappa shape index (κ2) is 6.69. The number of nitrogens with one attached hydrogen (secondary N) is 1. The smallest absolute Gasteiger partial charge is 0.244 e. The van der Waals surface area contributed by atoms with Gasteiger partial charge in [0.15, 0.2) is 9.84 Å². The van der Waals surface area contributed by atoms with E-state index in [4.69, 9.17) is 4.74 Å². The predicted octanol–water partition coefficient (Wildman–Crippen LogP) is 1.58. The molecule has 0 atom stereocenters. The van der Waals surface area contributed by atoms with Crippen LogP contribution in [0.3, 0.4) is 0 Å². The Labute approximate surface area is 136 Å². The first kappa shape index (κ1) is 17.5. The van der Waals surface area contributed by atoms with Crippen molar-refractivity contribution in [3.05, 3.63) is 54.1 Å². The fraction of sp³-hybridized carbons (Fsp3) is 0.200. The lowest BCUT2D eigenvalue weighted by molar-refractivity contribution is 0.401. The van der Waals surface area contributed by atoms with Crippen LogP contribution in [0.15, 0.2) is 58.3 Å². The van der Waals surface area contributed by atoms with Crippen molar-refractivity contribution in [3.63, 3.8) is 0 Å². The molecule has 0 amide bonds. The molecule has 0 aliphatic carbocycles. The maximum Gasteiger partial charge on any atom is 0.244 e. The highest BCUT2D eigenvalue weighted by molar-refractivity contribution is 7.91. The van der Waals surface area contributed by atoms with E-state index in [1.165, 1.54) is 19.2 Å². The minimum absolute atomic E-state index is 0.0814. The molecule has 124 valence electrons. The third kappa shape index (κ3) is 4.31. The van der Waals surface area contributed by atoms with Crippen LogP contribution in [0.1, 0.15) is 5.56 Å². The van der Waals surface area contributed by atoms with Crippen LogP contribution in [0.5, 0.6) is 5.75 Å². The van der Waals surface area contributed by atoms with Crippen molar-refractivity contribution in [3.8, 4) is 5.75 Å². The Balaban J connectivity index is 2.38. The zero-order chi connectivity index (χ0) is 17.1. The van der Waals surface area contributed by atoms with Crippen LogP contribution in [-0.4, -0.2) is 30.2 Å². The number of benzene rings is 2. The van der Waals surface area contributed by atoms with Gasteiger partial charge >= 0.3 is 0 Å². The molecular formula is C15H17NO5S2. The van der Waals surface area contributed by atoms with Gasteiger partial charge in [0.2, 0.25) is 10.0 Å². The highest BCUT2D eigenvalue weighted by Crippen LogP contribution is 2.26. The van der Waals surface area contributed by atoms with Crippen molar-refractivity contribution in [2.75, 3.05) is 13.4 Å². The molecule has 0 bridgehead atoms. The van der Waals surface area contributed by atoms with Gasteiger partial charge in [0.05, 0.1) is 12.0 Å². The lowest BCUT2D eigenvalue weighted by atomic mass is 10.2. The van der Waals surface area contributed by atoms with Crippen LogP contribution in [0.25, 0.3) is 0 Å². The largest absolute Gasteiger partial charge is 0.495 e. The first-order chi connectivity index (χ1) is 10.7. The Morgan fingerprint density at radius 3 is 2.22 bits per heavy atom. The normalized spacial score (nSPS) is 12.1. The Bertz CT molecular complexity index is 891. The van der Waals surface area contributed by atoms with Crippen molar-refractivity contribution in [2.24, 2.45) is 0 Å². The minimum atomic E-state index is -3.92. The molecule has 0 aromatic heterocycles. The summed E-state index contributed by atoms with van der Waals surface area (Å²) < 4.78 is 55.7. The summed E-state index contributed by atoms with van der Waals surface area (Å²) in [4.78, 5) is -0.294. The zero-order valence-corrected chi connectivity index (χ0v) is 14.3. The fourth-order valence-corrected chi connectivity index (χ4v) is 3.88. The van der Waals surface area contributed by atoms with Gasteiger partial charge in [-0.3, -0.25) is 0 Å². The molecule has 0 radical (unpaired) electrons. The van der Waals surface area contributed by atoms with Gasteiger partial charge < -0.3 is 4.74 Å². The molecule has 8 heteroatoms. The van der Waals surface area contributed by atoms with E-state index in [9.17, 15) is 16.8 Å². The van der Waals surface area contributed by atoms with Gasteiger partial charge in [-0.25, -0.2) is 21.6 Å². The summed E-state index contributed by atoms with van der Waals surface area (Å²) in [7, 11) is -6.12. The van der Waals surface area contributed by atoms with Gasteiger partial charge in [0.1, 0.15) is 10.6 Å². The summed E-state index contributed by atoms with van der Waals surface area (Å²) >= 11 is 0. The molecule has 0 unspecified atom stereocenters. The number of methoxy groups -OCH3 is 1. The average molecular weight is 355 g/mol. The molecule has 23 heavy (non-hydrogen) atoms. The number of hydrogen-bond acceptors (Lipinski definition) is 5. The summed E-state index contributed by atoms with van der Waals surface area (Å²) in [6.45, 7) is 0.0927. The van der Waals surface area contributed by atoms with Crippen molar-refractivity contribution in [1.29, 1.82) is 0 Å². The van der Waals surface area contributed by atoms with Crippen LogP contribution < -0.4 is 9.46 Å². The molecule has 0 saturated heterocycles. The zero-order valence-electron chi connectivity index (χ0n) is 12.7. The molecule has 2 rings (SSSR count). The number of ether oxygens (including phenoxy) is 1. The molecule has 2 aromatic rings. The Kier molecular flexibility index (Phi) is 5.08. The second-order valence-corrected chi connectivity index (χ2v) is 8.65. The SMILES string of the molecule is COc1ccc(S(C)(=O)=O)cc1S(=O)(=O)NCc1ccccc1. The number of hydrogen-bond donors (Lipinski definition) is 1. The molecule has 0 saturated carbocycles. The quantitative estimate of drug-likeness (QED) is 0.850. The molecule has 6 nitrogen and oxygen atoms in total. The van der Waals surface area contributed by atoms with Crippen molar-refractivity contribution < 1.29 is 21.6 Å². The number of sulfone groups is 1. The van der Waals surface area contributed by atoms with E-state index >= 15 is 0 Å². The second-order valence-electron chi connectivity index (χ2n) is 4.89. The first-order valence-corrected chi connectivity index (χ1v) is 10.0. The number of sulfonamides is 1. The van der Waals surface area contributed by atoms with Crippen molar-refractivity contribution >= 4 is 19.9 Å². The van der Waals surface area contributed by atoms with Gasteiger partial charge in [-0.15, -0.1) is 0 Å². The van der Waals surface area contributed by atoms with E-state index in [1.54, 1.807) is 24.3 Å². The molecule has 0 heterocycles. The van der Waals surface area contributed by atoms with Crippen LogP contribution in [-0.2, 0) is 26.4 Å². The van der Waals surface area contributed by atoms with Crippen LogP contribution in [0.2, 0.25) is 0 Å². The number of rotatable bonds is 6.